The molecule has 0 saturated carbocycles. The summed E-state index contributed by atoms with van der Waals surface area (Å²) in [5.41, 5.74) is 3.56. The Morgan fingerprint density at radius 1 is 0.469 bits per heavy atom. The average molecular weight is 430 g/mol. The van der Waals surface area contributed by atoms with Crippen molar-refractivity contribution in [2.45, 2.75) is 0 Å². The normalized spacial score (nSPS) is 18.2. The lowest BCUT2D eigenvalue weighted by atomic mass is 10.2. The zero-order valence-electron chi connectivity index (χ0n) is 19.0. The summed E-state index contributed by atoms with van der Waals surface area (Å²) < 4.78 is 0. The van der Waals surface area contributed by atoms with Crippen molar-refractivity contribution in [2.75, 3.05) is 76.3 Å². The van der Waals surface area contributed by atoms with Gasteiger partial charge < -0.3 is 19.6 Å². The van der Waals surface area contributed by atoms with Crippen LogP contribution in [0.4, 0.5) is 11.6 Å². The molecule has 0 aromatic carbocycles. The molecule has 3 aromatic rings. The molecule has 5 heterocycles. The first-order valence-corrected chi connectivity index (χ1v) is 11.4. The number of aromatic nitrogens is 3. The van der Waals surface area contributed by atoms with Gasteiger partial charge in [0.2, 0.25) is 0 Å². The summed E-state index contributed by atoms with van der Waals surface area (Å²) in [6.45, 7) is 8.27. The zero-order valence-corrected chi connectivity index (χ0v) is 19.0. The molecule has 0 amide bonds. The Kier molecular flexibility index (Phi) is 6.01. The Bertz CT molecular complexity index is 973. The number of piperazine rings is 2. The molecule has 0 aliphatic carbocycles. The molecule has 0 N–H and O–H groups in total. The third-order valence-corrected chi connectivity index (χ3v) is 6.40. The van der Waals surface area contributed by atoms with Crippen LogP contribution in [0, 0.1) is 0 Å². The fourth-order valence-corrected chi connectivity index (χ4v) is 4.28. The molecule has 5 rings (SSSR count). The maximum Gasteiger partial charge on any atom is 0.129 e. The van der Waals surface area contributed by atoms with Gasteiger partial charge >= 0.3 is 0 Å². The quantitative estimate of drug-likeness (QED) is 0.632. The first-order chi connectivity index (χ1) is 15.7. The molecule has 2 saturated heterocycles. The molecular formula is C25H31N7. The molecular weight excluding hydrogens is 398 g/mol. The van der Waals surface area contributed by atoms with Crippen LogP contribution in [0.15, 0.2) is 54.6 Å². The highest BCUT2D eigenvalue weighted by atomic mass is 15.3. The number of nitrogens with zero attached hydrogens (tertiary/aromatic N) is 7. The van der Waals surface area contributed by atoms with E-state index in [9.17, 15) is 0 Å². The third kappa shape index (κ3) is 4.59. The van der Waals surface area contributed by atoms with Gasteiger partial charge in [-0.15, -0.1) is 0 Å². The molecule has 0 bridgehead atoms. The van der Waals surface area contributed by atoms with E-state index in [-0.39, 0.29) is 0 Å². The lowest BCUT2D eigenvalue weighted by molar-refractivity contribution is 0.312. The van der Waals surface area contributed by atoms with Gasteiger partial charge in [-0.2, -0.15) is 0 Å². The molecule has 0 atom stereocenters. The lowest BCUT2D eigenvalue weighted by Crippen LogP contribution is -2.44. The Balaban J connectivity index is 1.39. The number of likely N-dealkylation sites (N-methyl/N-ethyl adjacent to an activating group) is 2. The van der Waals surface area contributed by atoms with Gasteiger partial charge in [0.15, 0.2) is 0 Å². The smallest absolute Gasteiger partial charge is 0.129 e. The first-order valence-electron chi connectivity index (χ1n) is 11.4. The van der Waals surface area contributed by atoms with Crippen LogP contribution in [-0.4, -0.2) is 91.2 Å². The highest BCUT2D eigenvalue weighted by Crippen LogP contribution is 2.24. The highest BCUT2D eigenvalue weighted by Gasteiger charge is 2.17. The van der Waals surface area contributed by atoms with Crippen molar-refractivity contribution in [3.63, 3.8) is 0 Å². The second kappa shape index (κ2) is 9.22. The van der Waals surface area contributed by atoms with Gasteiger partial charge in [0, 0.05) is 52.4 Å². The van der Waals surface area contributed by atoms with E-state index in [2.05, 4.69) is 58.0 Å². The van der Waals surface area contributed by atoms with Gasteiger partial charge in [-0.1, -0.05) is 18.2 Å². The standard InChI is InChI=1S/C25H31N7/c1-29-12-16-31(17-13-29)24-10-4-8-22(27-24)20-6-3-7-21(26-20)23-9-5-11-25(28-23)32-18-14-30(2)15-19-32/h3-11H,12-19H2,1-2H3. The van der Waals surface area contributed by atoms with E-state index in [0.29, 0.717) is 0 Å². The van der Waals surface area contributed by atoms with Crippen molar-refractivity contribution in [1.82, 2.24) is 24.8 Å². The topological polar surface area (TPSA) is 51.6 Å². The van der Waals surface area contributed by atoms with Crippen LogP contribution in [0.3, 0.4) is 0 Å². The largest absolute Gasteiger partial charge is 0.354 e. The van der Waals surface area contributed by atoms with Gasteiger partial charge in [-0.25, -0.2) is 15.0 Å². The number of rotatable bonds is 4. The summed E-state index contributed by atoms with van der Waals surface area (Å²) in [6, 6.07) is 18.5. The van der Waals surface area contributed by atoms with E-state index in [1.165, 1.54) is 0 Å². The molecule has 2 aliphatic rings. The van der Waals surface area contributed by atoms with Crippen molar-refractivity contribution in [2.24, 2.45) is 0 Å². The van der Waals surface area contributed by atoms with E-state index in [1.54, 1.807) is 0 Å². The Morgan fingerprint density at radius 3 is 1.22 bits per heavy atom. The van der Waals surface area contributed by atoms with Crippen LogP contribution < -0.4 is 9.80 Å². The fraction of sp³-hybridized carbons (Fsp3) is 0.400. The third-order valence-electron chi connectivity index (χ3n) is 6.40. The number of pyridine rings is 3. The van der Waals surface area contributed by atoms with Crippen LogP contribution in [0.25, 0.3) is 22.8 Å². The van der Waals surface area contributed by atoms with Crippen molar-refractivity contribution < 1.29 is 0 Å². The Morgan fingerprint density at radius 2 is 0.812 bits per heavy atom. The van der Waals surface area contributed by atoms with Gasteiger partial charge in [0.05, 0.1) is 22.8 Å². The van der Waals surface area contributed by atoms with Gasteiger partial charge in [-0.05, 0) is 50.5 Å². The minimum atomic E-state index is 0.880. The van der Waals surface area contributed by atoms with Crippen molar-refractivity contribution in [3.05, 3.63) is 54.6 Å². The first kappa shape index (κ1) is 20.8. The van der Waals surface area contributed by atoms with E-state index >= 15 is 0 Å². The van der Waals surface area contributed by atoms with Crippen molar-refractivity contribution in [3.8, 4) is 22.8 Å². The van der Waals surface area contributed by atoms with Crippen LogP contribution in [0.2, 0.25) is 0 Å². The Hall–Kier alpha value is -3.03. The minimum Gasteiger partial charge on any atom is -0.354 e. The minimum absolute atomic E-state index is 0.880. The molecule has 3 aromatic heterocycles. The van der Waals surface area contributed by atoms with E-state index in [0.717, 1.165) is 86.8 Å². The predicted molar refractivity (Wildman–Crippen MR) is 130 cm³/mol. The summed E-state index contributed by atoms with van der Waals surface area (Å²) in [6.07, 6.45) is 0. The molecule has 2 fully saturated rings. The summed E-state index contributed by atoms with van der Waals surface area (Å²) in [7, 11) is 4.34. The maximum atomic E-state index is 4.94. The molecule has 0 unspecified atom stereocenters. The number of hydrogen-bond acceptors (Lipinski definition) is 7. The van der Waals surface area contributed by atoms with E-state index < -0.39 is 0 Å². The molecule has 166 valence electrons. The van der Waals surface area contributed by atoms with Gasteiger partial charge in [0.25, 0.3) is 0 Å². The molecule has 7 nitrogen and oxygen atoms in total. The number of anilines is 2. The average Bonchev–Trinajstić information content (AvgIpc) is 2.85. The van der Waals surface area contributed by atoms with Crippen molar-refractivity contribution in [1.29, 1.82) is 0 Å². The van der Waals surface area contributed by atoms with Crippen molar-refractivity contribution >= 4 is 11.6 Å². The van der Waals surface area contributed by atoms with E-state index in [4.69, 9.17) is 15.0 Å². The summed E-state index contributed by atoms with van der Waals surface area (Å²) in [5, 5.41) is 0. The predicted octanol–water partition coefficient (Wildman–Crippen LogP) is 2.71. The summed E-state index contributed by atoms with van der Waals surface area (Å²) in [5.74, 6) is 2.05. The summed E-state index contributed by atoms with van der Waals surface area (Å²) in [4.78, 5) is 24.2. The zero-order chi connectivity index (χ0) is 21.9. The molecule has 7 heteroatoms. The fourth-order valence-electron chi connectivity index (χ4n) is 4.28. The van der Waals surface area contributed by atoms with Crippen LogP contribution in [-0.2, 0) is 0 Å². The SMILES string of the molecule is CN1CCN(c2cccc(-c3cccc(-c4cccc(N5CCN(C)CC5)n4)n3)n2)CC1. The summed E-state index contributed by atoms with van der Waals surface area (Å²) >= 11 is 0. The second-order valence-corrected chi connectivity index (χ2v) is 8.75. The van der Waals surface area contributed by atoms with Gasteiger partial charge in [-0.3, -0.25) is 0 Å². The molecule has 2 aliphatic heterocycles. The van der Waals surface area contributed by atoms with Crippen LogP contribution in [0.1, 0.15) is 0 Å². The second-order valence-electron chi connectivity index (χ2n) is 8.75. The monoisotopic (exact) mass is 429 g/mol. The van der Waals surface area contributed by atoms with Gasteiger partial charge in [0.1, 0.15) is 11.6 Å². The van der Waals surface area contributed by atoms with E-state index in [1.807, 2.05) is 30.3 Å². The van der Waals surface area contributed by atoms with Crippen LogP contribution >= 0.6 is 0 Å². The maximum absolute atomic E-state index is 4.94. The highest BCUT2D eigenvalue weighted by molar-refractivity contribution is 5.64. The molecule has 0 spiro atoms. The number of hydrogen-bond donors (Lipinski definition) is 0. The molecule has 0 radical (unpaired) electrons. The molecule has 32 heavy (non-hydrogen) atoms. The Labute approximate surface area is 190 Å². The van der Waals surface area contributed by atoms with Crippen LogP contribution in [0.5, 0.6) is 0 Å². The lowest BCUT2D eigenvalue weighted by Gasteiger charge is -2.33.